The molecule has 100 valence electrons. The lowest BCUT2D eigenvalue weighted by molar-refractivity contribution is 0.122. The molecular weight excluding hydrogens is 231 g/mol. The minimum atomic E-state index is -0.140. The first-order valence-corrected chi connectivity index (χ1v) is 6.58. The summed E-state index contributed by atoms with van der Waals surface area (Å²) in [6.07, 6.45) is 0. The third kappa shape index (κ3) is 2.82. The van der Waals surface area contributed by atoms with Crippen molar-refractivity contribution in [1.82, 2.24) is 5.32 Å². The summed E-state index contributed by atoms with van der Waals surface area (Å²) in [5.41, 5.74) is 1.76. The molecule has 0 saturated carbocycles. The number of morpholine rings is 1. The average Bonchev–Trinajstić information content (AvgIpc) is 2.39. The van der Waals surface area contributed by atoms with Crippen LogP contribution in [-0.4, -0.2) is 32.8 Å². The van der Waals surface area contributed by atoms with Gasteiger partial charge in [0.15, 0.2) is 0 Å². The Kier molecular flexibility index (Phi) is 4.55. The summed E-state index contributed by atoms with van der Waals surface area (Å²) in [4.78, 5) is 2.09. The molecule has 1 N–H and O–H groups in total. The highest BCUT2D eigenvalue weighted by Gasteiger charge is 2.20. The van der Waals surface area contributed by atoms with Gasteiger partial charge in [-0.3, -0.25) is 0 Å². The van der Waals surface area contributed by atoms with E-state index in [1.54, 1.807) is 6.07 Å². The van der Waals surface area contributed by atoms with E-state index in [0.29, 0.717) is 13.2 Å². The molecule has 18 heavy (non-hydrogen) atoms. The van der Waals surface area contributed by atoms with Crippen LogP contribution in [0.25, 0.3) is 0 Å². The number of para-hydroxylation sites is 1. The summed E-state index contributed by atoms with van der Waals surface area (Å²) in [6.45, 7) is 7.86. The summed E-state index contributed by atoms with van der Waals surface area (Å²) >= 11 is 0. The van der Waals surface area contributed by atoms with Gasteiger partial charge in [-0.1, -0.05) is 19.1 Å². The molecule has 1 fully saturated rings. The molecule has 0 spiro atoms. The molecule has 3 nitrogen and oxygen atoms in total. The van der Waals surface area contributed by atoms with Gasteiger partial charge >= 0.3 is 0 Å². The van der Waals surface area contributed by atoms with Gasteiger partial charge < -0.3 is 15.0 Å². The average molecular weight is 252 g/mol. The Hall–Kier alpha value is -1.13. The monoisotopic (exact) mass is 252 g/mol. The van der Waals surface area contributed by atoms with E-state index in [9.17, 15) is 4.39 Å². The van der Waals surface area contributed by atoms with Gasteiger partial charge in [0.2, 0.25) is 0 Å². The second kappa shape index (κ2) is 6.16. The smallest absolute Gasteiger partial charge is 0.146 e. The number of rotatable bonds is 4. The fourth-order valence-electron chi connectivity index (χ4n) is 2.42. The van der Waals surface area contributed by atoms with Gasteiger partial charge in [-0.05, 0) is 25.1 Å². The number of nitrogens with one attached hydrogen (secondary N) is 1. The summed E-state index contributed by atoms with van der Waals surface area (Å²) in [7, 11) is 0. The number of anilines is 1. The van der Waals surface area contributed by atoms with Crippen LogP contribution < -0.4 is 10.2 Å². The van der Waals surface area contributed by atoms with Crippen LogP contribution in [0, 0.1) is 5.82 Å². The number of hydrogen-bond acceptors (Lipinski definition) is 3. The number of benzene rings is 1. The van der Waals surface area contributed by atoms with E-state index >= 15 is 0 Å². The van der Waals surface area contributed by atoms with Crippen LogP contribution in [0.4, 0.5) is 10.1 Å². The van der Waals surface area contributed by atoms with E-state index in [-0.39, 0.29) is 11.9 Å². The van der Waals surface area contributed by atoms with Crippen molar-refractivity contribution in [1.29, 1.82) is 0 Å². The minimum Gasteiger partial charge on any atom is -0.378 e. The summed E-state index contributed by atoms with van der Waals surface area (Å²) < 4.78 is 19.5. The van der Waals surface area contributed by atoms with Gasteiger partial charge in [0.05, 0.1) is 18.9 Å². The zero-order valence-corrected chi connectivity index (χ0v) is 11.1. The molecule has 1 unspecified atom stereocenters. The fourth-order valence-corrected chi connectivity index (χ4v) is 2.42. The van der Waals surface area contributed by atoms with Crippen LogP contribution >= 0.6 is 0 Å². The van der Waals surface area contributed by atoms with Crippen molar-refractivity contribution in [3.63, 3.8) is 0 Å². The Morgan fingerprint density at radius 3 is 2.78 bits per heavy atom. The Balaban J connectivity index is 2.30. The third-order valence-corrected chi connectivity index (χ3v) is 3.32. The number of hydrogen-bond donors (Lipinski definition) is 1. The largest absolute Gasteiger partial charge is 0.378 e. The molecule has 4 heteroatoms. The number of halogens is 1. The predicted molar refractivity (Wildman–Crippen MR) is 71.5 cm³/mol. The quantitative estimate of drug-likeness (QED) is 0.890. The highest BCUT2D eigenvalue weighted by atomic mass is 19.1. The fraction of sp³-hybridized carbons (Fsp3) is 0.571. The van der Waals surface area contributed by atoms with Crippen molar-refractivity contribution in [2.75, 3.05) is 37.7 Å². The zero-order valence-electron chi connectivity index (χ0n) is 11.1. The van der Waals surface area contributed by atoms with Crippen LogP contribution in [-0.2, 0) is 4.74 Å². The van der Waals surface area contributed by atoms with E-state index in [1.807, 2.05) is 6.07 Å². The first-order chi connectivity index (χ1) is 8.74. The summed E-state index contributed by atoms with van der Waals surface area (Å²) in [5.74, 6) is -0.140. The SMILES string of the molecule is CCNC(C)c1cccc(F)c1N1CCOCC1. The molecule has 0 aliphatic carbocycles. The molecule has 1 aliphatic heterocycles. The van der Waals surface area contributed by atoms with Crippen molar-refractivity contribution >= 4 is 5.69 Å². The second-order valence-electron chi connectivity index (χ2n) is 4.56. The van der Waals surface area contributed by atoms with E-state index in [2.05, 4.69) is 24.1 Å². The predicted octanol–water partition coefficient (Wildman–Crippen LogP) is 2.33. The lowest BCUT2D eigenvalue weighted by atomic mass is 10.0. The Labute approximate surface area is 108 Å². The van der Waals surface area contributed by atoms with E-state index in [1.165, 1.54) is 6.07 Å². The van der Waals surface area contributed by atoms with Crippen molar-refractivity contribution < 1.29 is 9.13 Å². The third-order valence-electron chi connectivity index (χ3n) is 3.32. The summed E-state index contributed by atoms with van der Waals surface area (Å²) in [5, 5.41) is 3.34. The van der Waals surface area contributed by atoms with Gasteiger partial charge in [0.1, 0.15) is 5.82 Å². The van der Waals surface area contributed by atoms with E-state index in [4.69, 9.17) is 4.74 Å². The Morgan fingerprint density at radius 1 is 1.39 bits per heavy atom. The molecule has 1 aliphatic rings. The van der Waals surface area contributed by atoms with Crippen LogP contribution in [0.3, 0.4) is 0 Å². The van der Waals surface area contributed by atoms with Gasteiger partial charge in [-0.25, -0.2) is 4.39 Å². The van der Waals surface area contributed by atoms with Crippen molar-refractivity contribution in [3.8, 4) is 0 Å². The van der Waals surface area contributed by atoms with Crippen LogP contribution in [0.2, 0.25) is 0 Å². The normalized spacial score (nSPS) is 17.8. The highest BCUT2D eigenvalue weighted by molar-refractivity contribution is 5.56. The molecule has 1 atom stereocenters. The number of nitrogens with zero attached hydrogens (tertiary/aromatic N) is 1. The number of ether oxygens (including phenoxy) is 1. The lowest BCUT2D eigenvalue weighted by Gasteiger charge is -2.32. The molecule has 1 saturated heterocycles. The molecule has 2 rings (SSSR count). The Bertz CT molecular complexity index is 391. The van der Waals surface area contributed by atoms with E-state index in [0.717, 1.165) is 30.9 Å². The molecule has 0 amide bonds. The van der Waals surface area contributed by atoms with E-state index < -0.39 is 0 Å². The maximum absolute atomic E-state index is 14.1. The van der Waals surface area contributed by atoms with Gasteiger partial charge in [0.25, 0.3) is 0 Å². The molecule has 0 aromatic heterocycles. The molecule has 1 aromatic rings. The molecule has 0 bridgehead atoms. The van der Waals surface area contributed by atoms with Gasteiger partial charge in [-0.2, -0.15) is 0 Å². The lowest BCUT2D eigenvalue weighted by Crippen LogP contribution is -2.38. The second-order valence-corrected chi connectivity index (χ2v) is 4.56. The summed E-state index contributed by atoms with van der Waals surface area (Å²) in [6, 6.07) is 5.47. The standard InChI is InChI=1S/C14H21FN2O/c1-3-16-11(2)12-5-4-6-13(15)14(12)17-7-9-18-10-8-17/h4-6,11,16H,3,7-10H2,1-2H3. The van der Waals surface area contributed by atoms with Gasteiger partial charge in [-0.15, -0.1) is 0 Å². The van der Waals surface area contributed by atoms with Crippen molar-refractivity contribution in [2.24, 2.45) is 0 Å². The zero-order chi connectivity index (χ0) is 13.0. The first kappa shape index (κ1) is 13.3. The first-order valence-electron chi connectivity index (χ1n) is 6.58. The maximum Gasteiger partial charge on any atom is 0.146 e. The van der Waals surface area contributed by atoms with Crippen molar-refractivity contribution in [3.05, 3.63) is 29.6 Å². The van der Waals surface area contributed by atoms with Crippen LogP contribution in [0.15, 0.2) is 18.2 Å². The topological polar surface area (TPSA) is 24.5 Å². The maximum atomic E-state index is 14.1. The van der Waals surface area contributed by atoms with Crippen LogP contribution in [0.5, 0.6) is 0 Å². The molecule has 0 radical (unpaired) electrons. The van der Waals surface area contributed by atoms with Crippen LogP contribution in [0.1, 0.15) is 25.5 Å². The molecular formula is C14H21FN2O. The van der Waals surface area contributed by atoms with Crippen molar-refractivity contribution in [2.45, 2.75) is 19.9 Å². The Morgan fingerprint density at radius 2 is 2.11 bits per heavy atom. The molecule has 1 aromatic carbocycles. The van der Waals surface area contributed by atoms with Gasteiger partial charge in [0, 0.05) is 19.1 Å². The molecule has 1 heterocycles. The minimum absolute atomic E-state index is 0.140. The highest BCUT2D eigenvalue weighted by Crippen LogP contribution is 2.29.